The highest BCUT2D eigenvalue weighted by Gasteiger charge is 2.32. The predicted octanol–water partition coefficient (Wildman–Crippen LogP) is 2.61. The van der Waals surface area contributed by atoms with E-state index >= 15 is 0 Å². The van der Waals surface area contributed by atoms with E-state index < -0.39 is 11.9 Å². The summed E-state index contributed by atoms with van der Waals surface area (Å²) >= 11 is 0. The van der Waals surface area contributed by atoms with Gasteiger partial charge in [0, 0.05) is 11.8 Å². The molecule has 0 amide bonds. The number of halogens is 3. The van der Waals surface area contributed by atoms with E-state index in [1.165, 1.54) is 0 Å². The predicted molar refractivity (Wildman–Crippen MR) is 70.8 cm³/mol. The lowest BCUT2D eigenvalue weighted by Crippen LogP contribution is -2.23. The van der Waals surface area contributed by atoms with E-state index in [0.717, 1.165) is 18.9 Å². The molecule has 110 valence electrons. The van der Waals surface area contributed by atoms with E-state index in [1.54, 1.807) is 13.8 Å². The van der Waals surface area contributed by atoms with Crippen molar-refractivity contribution in [2.75, 3.05) is 0 Å². The normalized spacial score (nSPS) is 30.2. The summed E-state index contributed by atoms with van der Waals surface area (Å²) < 4.78 is 37.3. The second kappa shape index (κ2) is 5.94. The van der Waals surface area contributed by atoms with Crippen LogP contribution in [0.2, 0.25) is 0 Å². The minimum atomic E-state index is -4.50. The summed E-state index contributed by atoms with van der Waals surface area (Å²) in [5, 5.41) is 0. The van der Waals surface area contributed by atoms with Gasteiger partial charge in [-0.25, -0.2) is 0 Å². The lowest BCUT2D eigenvalue weighted by molar-refractivity contribution is -0.0925. The lowest BCUT2D eigenvalue weighted by Gasteiger charge is -2.13. The molecule has 0 spiro atoms. The van der Waals surface area contributed by atoms with Crippen molar-refractivity contribution in [3.63, 3.8) is 0 Å². The monoisotopic (exact) mass is 277 g/mol. The van der Waals surface area contributed by atoms with Crippen molar-refractivity contribution in [2.24, 2.45) is 28.3 Å². The maximum atomic E-state index is 12.4. The number of rotatable bonds is 3. The second-order valence-electron chi connectivity index (χ2n) is 5.57. The van der Waals surface area contributed by atoms with Gasteiger partial charge in [0.25, 0.3) is 0 Å². The summed E-state index contributed by atoms with van der Waals surface area (Å²) in [6.45, 7) is 5.64. The van der Waals surface area contributed by atoms with Crippen molar-refractivity contribution in [1.29, 1.82) is 0 Å². The Morgan fingerprint density at radius 3 is 2.26 bits per heavy atom. The molecular weight excluding hydrogens is 255 g/mol. The molecule has 3 atom stereocenters. The number of hydrogen-bond acceptors (Lipinski definition) is 3. The van der Waals surface area contributed by atoms with E-state index in [1.807, 2.05) is 6.92 Å². The highest BCUT2D eigenvalue weighted by Crippen LogP contribution is 2.28. The van der Waals surface area contributed by atoms with Gasteiger partial charge in [0.05, 0.1) is 6.04 Å². The molecule has 0 aromatic heterocycles. The van der Waals surface area contributed by atoms with Gasteiger partial charge in [-0.2, -0.15) is 13.2 Å². The fraction of sp³-hybridized carbons (Fsp3) is 0.769. The number of nitrogens with zero attached hydrogens (tertiary/aromatic N) is 1. The van der Waals surface area contributed by atoms with Crippen LogP contribution in [-0.4, -0.2) is 24.0 Å². The van der Waals surface area contributed by atoms with Gasteiger partial charge in [0.1, 0.15) is 5.70 Å². The average molecular weight is 277 g/mol. The molecule has 1 rings (SSSR count). The van der Waals surface area contributed by atoms with Gasteiger partial charge in [0.2, 0.25) is 0 Å². The summed E-state index contributed by atoms with van der Waals surface area (Å²) in [6, 6.07) is 0.0748. The Morgan fingerprint density at radius 2 is 1.89 bits per heavy atom. The molecule has 1 saturated carbocycles. The fourth-order valence-electron chi connectivity index (χ4n) is 2.16. The number of alkyl halides is 3. The van der Waals surface area contributed by atoms with Gasteiger partial charge in [0.15, 0.2) is 0 Å². The molecule has 1 fully saturated rings. The Balaban J connectivity index is 2.90. The fourth-order valence-corrected chi connectivity index (χ4v) is 2.16. The summed E-state index contributed by atoms with van der Waals surface area (Å²) in [5.74, 6) is 0.249. The smallest absolute Gasteiger partial charge is 0.395 e. The van der Waals surface area contributed by atoms with Crippen molar-refractivity contribution in [2.45, 2.75) is 51.9 Å². The van der Waals surface area contributed by atoms with Crippen LogP contribution < -0.4 is 11.5 Å². The molecule has 0 bridgehead atoms. The summed E-state index contributed by atoms with van der Waals surface area (Å²) in [4.78, 5) is 4.41. The van der Waals surface area contributed by atoms with E-state index in [0.29, 0.717) is 11.6 Å². The standard InChI is InChI=1S/C13H22F3N3/c1-7(2)11(6-12(18)13(14,15)16)19-9-4-8(3)10(17)5-9/h6-10H,4-5,17-18H2,1-3H3. The highest BCUT2D eigenvalue weighted by atomic mass is 19.4. The Bertz CT molecular complexity index is 362. The molecule has 0 saturated heterocycles. The molecule has 3 nitrogen and oxygen atoms in total. The Hall–Kier alpha value is -1.04. The summed E-state index contributed by atoms with van der Waals surface area (Å²) in [5.41, 5.74) is 10.2. The van der Waals surface area contributed by atoms with Crippen LogP contribution in [0.25, 0.3) is 0 Å². The van der Waals surface area contributed by atoms with Crippen molar-refractivity contribution in [1.82, 2.24) is 0 Å². The Kier molecular flexibility index (Phi) is 5.01. The molecule has 0 aromatic rings. The van der Waals surface area contributed by atoms with Crippen molar-refractivity contribution < 1.29 is 13.2 Å². The number of nitrogens with two attached hydrogens (primary N) is 2. The van der Waals surface area contributed by atoms with Gasteiger partial charge in [-0.1, -0.05) is 20.8 Å². The van der Waals surface area contributed by atoms with E-state index in [4.69, 9.17) is 11.5 Å². The molecule has 6 heteroatoms. The molecule has 1 aliphatic rings. The number of hydrogen-bond donors (Lipinski definition) is 2. The SMILES string of the molecule is CC(C)C(C=C(N)C(F)(F)F)=NC1CC(C)C(N)C1. The third kappa shape index (κ3) is 4.53. The van der Waals surface area contributed by atoms with Crippen LogP contribution in [0.3, 0.4) is 0 Å². The Morgan fingerprint density at radius 1 is 1.32 bits per heavy atom. The summed E-state index contributed by atoms with van der Waals surface area (Å²) in [6.07, 6.45) is -2.03. The van der Waals surface area contributed by atoms with Crippen LogP contribution >= 0.6 is 0 Å². The maximum Gasteiger partial charge on any atom is 0.430 e. The zero-order chi connectivity index (χ0) is 14.8. The molecular formula is C13H22F3N3. The number of allylic oxidation sites excluding steroid dienone is 2. The maximum absolute atomic E-state index is 12.4. The van der Waals surface area contributed by atoms with Gasteiger partial charge in [-0.15, -0.1) is 0 Å². The molecule has 0 radical (unpaired) electrons. The molecule has 0 heterocycles. The van der Waals surface area contributed by atoms with Crippen LogP contribution in [0.1, 0.15) is 33.6 Å². The van der Waals surface area contributed by atoms with Crippen molar-refractivity contribution >= 4 is 5.71 Å². The summed E-state index contributed by atoms with van der Waals surface area (Å²) in [7, 11) is 0. The van der Waals surface area contributed by atoms with E-state index in [-0.39, 0.29) is 18.0 Å². The second-order valence-corrected chi connectivity index (χ2v) is 5.57. The third-order valence-corrected chi connectivity index (χ3v) is 3.47. The lowest BCUT2D eigenvalue weighted by atomic mass is 10.1. The zero-order valence-corrected chi connectivity index (χ0v) is 11.5. The quantitative estimate of drug-likeness (QED) is 0.779. The van der Waals surface area contributed by atoms with E-state index in [9.17, 15) is 13.2 Å². The molecule has 0 aliphatic heterocycles. The van der Waals surface area contributed by atoms with Crippen LogP contribution in [-0.2, 0) is 0 Å². The van der Waals surface area contributed by atoms with Crippen LogP contribution in [0.15, 0.2) is 16.8 Å². The molecule has 0 aromatic carbocycles. The van der Waals surface area contributed by atoms with Gasteiger partial charge < -0.3 is 11.5 Å². The first-order valence-corrected chi connectivity index (χ1v) is 6.49. The van der Waals surface area contributed by atoms with Gasteiger partial charge in [-0.05, 0) is 30.8 Å². The first kappa shape index (κ1) is 16.0. The molecule has 1 aliphatic carbocycles. The third-order valence-electron chi connectivity index (χ3n) is 3.47. The highest BCUT2D eigenvalue weighted by molar-refractivity contribution is 5.97. The van der Waals surface area contributed by atoms with E-state index in [2.05, 4.69) is 4.99 Å². The Labute approximate surface area is 111 Å². The van der Waals surface area contributed by atoms with Gasteiger partial charge in [-0.3, -0.25) is 4.99 Å². The molecule has 3 unspecified atom stereocenters. The van der Waals surface area contributed by atoms with Crippen LogP contribution in [0.4, 0.5) is 13.2 Å². The number of aliphatic imine (C=N–C) groups is 1. The average Bonchev–Trinajstić information content (AvgIpc) is 2.55. The van der Waals surface area contributed by atoms with Crippen molar-refractivity contribution in [3.8, 4) is 0 Å². The minimum Gasteiger partial charge on any atom is -0.395 e. The zero-order valence-electron chi connectivity index (χ0n) is 11.5. The van der Waals surface area contributed by atoms with Gasteiger partial charge >= 0.3 is 6.18 Å². The largest absolute Gasteiger partial charge is 0.430 e. The van der Waals surface area contributed by atoms with Crippen molar-refractivity contribution in [3.05, 3.63) is 11.8 Å². The topological polar surface area (TPSA) is 64.4 Å². The molecule has 4 N–H and O–H groups in total. The minimum absolute atomic E-state index is 0.000293. The first-order chi connectivity index (χ1) is 8.61. The molecule has 19 heavy (non-hydrogen) atoms. The first-order valence-electron chi connectivity index (χ1n) is 6.49. The van der Waals surface area contributed by atoms with Crippen LogP contribution in [0, 0.1) is 11.8 Å². The van der Waals surface area contributed by atoms with Crippen LogP contribution in [0.5, 0.6) is 0 Å².